The van der Waals surface area contributed by atoms with E-state index in [1.54, 1.807) is 26.8 Å². The molecule has 1 aromatic rings. The summed E-state index contributed by atoms with van der Waals surface area (Å²) in [6.07, 6.45) is -0.779. The van der Waals surface area contributed by atoms with E-state index in [0.29, 0.717) is 23.6 Å². The Hall–Kier alpha value is -1.17. The second-order valence-electron chi connectivity index (χ2n) is 6.71. The molecule has 0 aliphatic carbocycles. The number of β-amino-alcohol motifs (C(OH)–C–C–N with tert-alkyl or cyclic N) is 1. The second-order valence-corrected chi connectivity index (χ2v) is 7.53. The molecule has 0 saturated carbocycles. The predicted molar refractivity (Wildman–Crippen MR) is 89.3 cm³/mol. The Labute approximate surface area is 145 Å². The summed E-state index contributed by atoms with van der Waals surface area (Å²) in [5.74, 6) is -0.322. The lowest BCUT2D eigenvalue weighted by Gasteiger charge is -2.37. The molecule has 2 rings (SSSR count). The molecule has 5 nitrogen and oxygen atoms in total. The first-order chi connectivity index (χ1) is 10.6. The molecule has 0 bridgehead atoms. The first kappa shape index (κ1) is 18.2. The van der Waals surface area contributed by atoms with Crippen LogP contribution in [-0.2, 0) is 4.74 Å². The first-order valence-electron chi connectivity index (χ1n) is 7.42. The number of carbonyl (C=O) groups excluding carboxylic acids is 1. The number of phenols is 1. The smallest absolute Gasteiger partial charge is 0.410 e. The number of amides is 1. The molecule has 0 aromatic heterocycles. The molecule has 0 spiro atoms. The van der Waals surface area contributed by atoms with E-state index < -0.39 is 17.8 Å². The van der Waals surface area contributed by atoms with Crippen LogP contribution in [0.15, 0.2) is 12.1 Å². The molecule has 1 aromatic carbocycles. The van der Waals surface area contributed by atoms with Crippen molar-refractivity contribution in [3.8, 4) is 5.75 Å². The zero-order chi connectivity index (χ0) is 17.4. The van der Waals surface area contributed by atoms with Gasteiger partial charge < -0.3 is 19.8 Å². The van der Waals surface area contributed by atoms with Crippen molar-refractivity contribution >= 4 is 29.3 Å². The normalized spacial score (nSPS) is 22.1. The van der Waals surface area contributed by atoms with E-state index in [0.717, 1.165) is 0 Å². The van der Waals surface area contributed by atoms with Gasteiger partial charge in [-0.1, -0.05) is 23.2 Å². The van der Waals surface area contributed by atoms with Crippen LogP contribution in [0.2, 0.25) is 10.0 Å². The van der Waals surface area contributed by atoms with Gasteiger partial charge in [-0.05, 0) is 33.3 Å². The summed E-state index contributed by atoms with van der Waals surface area (Å²) >= 11 is 11.9. The van der Waals surface area contributed by atoms with Crippen molar-refractivity contribution in [2.45, 2.75) is 44.8 Å². The number of hydrogen-bond donors (Lipinski definition) is 2. The van der Waals surface area contributed by atoms with Gasteiger partial charge in [0.1, 0.15) is 11.4 Å². The Morgan fingerprint density at radius 2 is 1.91 bits per heavy atom. The zero-order valence-corrected chi connectivity index (χ0v) is 14.9. The van der Waals surface area contributed by atoms with Crippen LogP contribution < -0.4 is 0 Å². The van der Waals surface area contributed by atoms with Crippen molar-refractivity contribution in [1.82, 2.24) is 4.90 Å². The van der Waals surface area contributed by atoms with Crippen LogP contribution in [0.5, 0.6) is 5.75 Å². The highest BCUT2D eigenvalue weighted by atomic mass is 35.5. The van der Waals surface area contributed by atoms with E-state index in [4.69, 9.17) is 27.9 Å². The van der Waals surface area contributed by atoms with Crippen LogP contribution in [0.4, 0.5) is 4.79 Å². The van der Waals surface area contributed by atoms with Gasteiger partial charge in [0.2, 0.25) is 0 Å². The number of hydrogen-bond acceptors (Lipinski definition) is 4. The SMILES string of the molecule is CC(C)(C)OC(=O)N1CCC(c2cc(Cl)c(Cl)cc2O)C(O)C1. The van der Waals surface area contributed by atoms with Crippen LogP contribution >= 0.6 is 23.2 Å². The third-order valence-corrected chi connectivity index (χ3v) is 4.42. The van der Waals surface area contributed by atoms with Gasteiger partial charge >= 0.3 is 6.09 Å². The van der Waals surface area contributed by atoms with Gasteiger partial charge in [-0.15, -0.1) is 0 Å². The molecular formula is C16H21Cl2NO4. The highest BCUT2D eigenvalue weighted by molar-refractivity contribution is 6.42. The molecule has 128 valence electrons. The van der Waals surface area contributed by atoms with E-state index in [-0.39, 0.29) is 23.2 Å². The molecule has 1 aliphatic rings. The Morgan fingerprint density at radius 1 is 1.30 bits per heavy atom. The van der Waals surface area contributed by atoms with Crippen LogP contribution in [0.25, 0.3) is 0 Å². The van der Waals surface area contributed by atoms with Crippen molar-refractivity contribution in [3.63, 3.8) is 0 Å². The van der Waals surface area contributed by atoms with E-state index in [2.05, 4.69) is 0 Å². The topological polar surface area (TPSA) is 70.0 Å². The van der Waals surface area contributed by atoms with Crippen LogP contribution in [0.1, 0.15) is 38.7 Å². The lowest BCUT2D eigenvalue weighted by Crippen LogP contribution is -2.47. The summed E-state index contributed by atoms with van der Waals surface area (Å²) < 4.78 is 5.31. The molecule has 2 atom stereocenters. The van der Waals surface area contributed by atoms with E-state index in [1.807, 2.05) is 0 Å². The molecule has 0 radical (unpaired) electrons. The molecule has 1 heterocycles. The number of phenolic OH excluding ortho intramolecular Hbond substituents is 1. The highest BCUT2D eigenvalue weighted by Gasteiger charge is 2.34. The number of halogens is 2. The van der Waals surface area contributed by atoms with Crippen molar-refractivity contribution in [2.75, 3.05) is 13.1 Å². The lowest BCUT2D eigenvalue weighted by molar-refractivity contribution is -0.00167. The number of piperidine rings is 1. The Morgan fingerprint density at radius 3 is 2.48 bits per heavy atom. The number of likely N-dealkylation sites (tertiary alicyclic amines) is 1. The van der Waals surface area contributed by atoms with E-state index in [1.165, 1.54) is 11.0 Å². The third-order valence-electron chi connectivity index (χ3n) is 3.70. The van der Waals surface area contributed by atoms with Gasteiger partial charge in [0, 0.05) is 24.1 Å². The number of carbonyl (C=O) groups is 1. The van der Waals surface area contributed by atoms with E-state index >= 15 is 0 Å². The molecule has 1 amide bonds. The molecule has 1 aliphatic heterocycles. The van der Waals surface area contributed by atoms with Crippen molar-refractivity contribution in [3.05, 3.63) is 27.7 Å². The fourth-order valence-electron chi connectivity index (χ4n) is 2.64. The number of nitrogens with zero attached hydrogens (tertiary/aromatic N) is 1. The second kappa shape index (κ2) is 6.75. The third kappa shape index (κ3) is 4.43. The summed E-state index contributed by atoms with van der Waals surface area (Å²) in [4.78, 5) is 13.5. The summed E-state index contributed by atoms with van der Waals surface area (Å²) in [5.41, 5.74) is -0.0448. The first-order valence-corrected chi connectivity index (χ1v) is 8.18. The molecule has 2 unspecified atom stereocenters. The summed E-state index contributed by atoms with van der Waals surface area (Å²) in [5, 5.41) is 21.0. The minimum atomic E-state index is -0.820. The van der Waals surface area contributed by atoms with E-state index in [9.17, 15) is 15.0 Å². The number of aliphatic hydroxyl groups is 1. The van der Waals surface area contributed by atoms with Crippen LogP contribution in [0, 0.1) is 0 Å². The van der Waals surface area contributed by atoms with Gasteiger partial charge in [0.25, 0.3) is 0 Å². The molecule has 7 heteroatoms. The van der Waals surface area contributed by atoms with Crippen LogP contribution in [0.3, 0.4) is 0 Å². The largest absolute Gasteiger partial charge is 0.508 e. The number of ether oxygens (including phenoxy) is 1. The minimum Gasteiger partial charge on any atom is -0.508 e. The highest BCUT2D eigenvalue weighted by Crippen LogP contribution is 2.38. The maximum Gasteiger partial charge on any atom is 0.410 e. The number of aromatic hydroxyl groups is 1. The lowest BCUT2D eigenvalue weighted by atomic mass is 9.86. The predicted octanol–water partition coefficient (Wildman–Crippen LogP) is 3.78. The van der Waals surface area contributed by atoms with Crippen molar-refractivity contribution < 1.29 is 19.7 Å². The van der Waals surface area contributed by atoms with Gasteiger partial charge in [-0.2, -0.15) is 0 Å². The number of benzene rings is 1. The Balaban J connectivity index is 2.10. The van der Waals surface area contributed by atoms with Crippen LogP contribution in [-0.4, -0.2) is 46.0 Å². The van der Waals surface area contributed by atoms with Gasteiger partial charge in [-0.25, -0.2) is 4.79 Å². The average Bonchev–Trinajstić information content (AvgIpc) is 2.41. The molecule has 1 fully saturated rings. The van der Waals surface area contributed by atoms with Crippen molar-refractivity contribution in [1.29, 1.82) is 0 Å². The number of rotatable bonds is 1. The summed E-state index contributed by atoms with van der Waals surface area (Å²) in [6.45, 7) is 5.95. The fourth-order valence-corrected chi connectivity index (χ4v) is 2.97. The van der Waals surface area contributed by atoms with Crippen molar-refractivity contribution in [2.24, 2.45) is 0 Å². The Bertz CT molecular complexity index is 600. The Kier molecular flexibility index (Phi) is 5.33. The fraction of sp³-hybridized carbons (Fsp3) is 0.562. The molecule has 23 heavy (non-hydrogen) atoms. The summed E-state index contributed by atoms with van der Waals surface area (Å²) in [6, 6.07) is 2.93. The van der Waals surface area contributed by atoms with Gasteiger partial charge in [-0.3, -0.25) is 0 Å². The standard InChI is InChI=1S/C16H21Cl2NO4/c1-16(2,3)23-15(22)19-5-4-9(14(21)8-19)10-6-11(17)12(18)7-13(10)20/h6-7,9,14,20-21H,4-5,8H2,1-3H3. The monoisotopic (exact) mass is 361 g/mol. The summed E-state index contributed by atoms with van der Waals surface area (Å²) in [7, 11) is 0. The van der Waals surface area contributed by atoms with Gasteiger partial charge in [0.15, 0.2) is 0 Å². The number of aliphatic hydroxyl groups excluding tert-OH is 1. The molecule has 1 saturated heterocycles. The van der Waals surface area contributed by atoms with Gasteiger partial charge in [0.05, 0.1) is 22.7 Å². The molecular weight excluding hydrogens is 341 g/mol. The quantitative estimate of drug-likeness (QED) is 0.798. The maximum atomic E-state index is 12.1. The maximum absolute atomic E-state index is 12.1. The average molecular weight is 362 g/mol. The zero-order valence-electron chi connectivity index (χ0n) is 13.3. The molecule has 2 N–H and O–H groups in total. The minimum absolute atomic E-state index is 0.00540.